The van der Waals surface area contributed by atoms with Gasteiger partial charge in [0.2, 0.25) is 0 Å². The van der Waals surface area contributed by atoms with Crippen LogP contribution in [0.3, 0.4) is 0 Å². The van der Waals surface area contributed by atoms with E-state index in [2.05, 4.69) is 14.5 Å². The second-order valence-corrected chi connectivity index (χ2v) is 5.52. The summed E-state index contributed by atoms with van der Waals surface area (Å²) in [6.45, 7) is 4.59. The lowest BCUT2D eigenvalue weighted by molar-refractivity contribution is 0.153. The highest BCUT2D eigenvalue weighted by Gasteiger charge is 2.32. The predicted molar refractivity (Wildman–Crippen MR) is 67.7 cm³/mol. The summed E-state index contributed by atoms with van der Waals surface area (Å²) in [5.41, 5.74) is 7.18. The summed E-state index contributed by atoms with van der Waals surface area (Å²) in [6.07, 6.45) is 9.16. The summed E-state index contributed by atoms with van der Waals surface area (Å²) in [5, 5.41) is 0. The van der Waals surface area contributed by atoms with Crippen molar-refractivity contribution in [2.24, 2.45) is 5.73 Å². The van der Waals surface area contributed by atoms with E-state index < -0.39 is 0 Å². The Morgan fingerprint density at radius 1 is 1.35 bits per heavy atom. The maximum Gasteiger partial charge on any atom is 0.0951 e. The zero-order valence-corrected chi connectivity index (χ0v) is 10.5. The van der Waals surface area contributed by atoms with E-state index in [1.807, 2.05) is 19.4 Å². The quantitative estimate of drug-likeness (QED) is 0.847. The van der Waals surface area contributed by atoms with Gasteiger partial charge in [0, 0.05) is 30.9 Å². The summed E-state index contributed by atoms with van der Waals surface area (Å²) < 4.78 is 2.32. The van der Waals surface area contributed by atoms with E-state index in [1.54, 1.807) is 0 Å². The van der Waals surface area contributed by atoms with Gasteiger partial charge in [-0.05, 0) is 39.2 Å². The van der Waals surface area contributed by atoms with Crippen LogP contribution in [0, 0.1) is 0 Å². The van der Waals surface area contributed by atoms with Crippen LogP contribution < -0.4 is 5.73 Å². The molecule has 3 heterocycles. The molecule has 1 aromatic rings. The second kappa shape index (κ2) is 4.42. The molecule has 2 fully saturated rings. The average molecular weight is 234 g/mol. The lowest BCUT2D eigenvalue weighted by Gasteiger charge is -2.36. The average Bonchev–Trinajstić information content (AvgIpc) is 2.96. The molecule has 0 spiro atoms. The molecular weight excluding hydrogens is 212 g/mol. The van der Waals surface area contributed by atoms with E-state index in [9.17, 15) is 0 Å². The van der Waals surface area contributed by atoms with Crippen molar-refractivity contribution in [1.29, 1.82) is 0 Å². The van der Waals surface area contributed by atoms with Crippen molar-refractivity contribution in [1.82, 2.24) is 14.5 Å². The largest absolute Gasteiger partial charge is 0.330 e. The van der Waals surface area contributed by atoms with Crippen molar-refractivity contribution >= 4 is 0 Å². The molecule has 1 aromatic heterocycles. The van der Waals surface area contributed by atoms with Crippen molar-refractivity contribution < 1.29 is 0 Å². The first-order valence-electron chi connectivity index (χ1n) is 6.77. The van der Waals surface area contributed by atoms with Gasteiger partial charge in [-0.15, -0.1) is 0 Å². The van der Waals surface area contributed by atoms with Gasteiger partial charge in [0.15, 0.2) is 0 Å². The molecule has 3 rings (SSSR count). The van der Waals surface area contributed by atoms with Gasteiger partial charge in [-0.1, -0.05) is 0 Å². The highest BCUT2D eigenvalue weighted by atomic mass is 15.2. The summed E-state index contributed by atoms with van der Waals surface area (Å²) >= 11 is 0. The van der Waals surface area contributed by atoms with Gasteiger partial charge in [0.05, 0.1) is 12.0 Å². The van der Waals surface area contributed by atoms with E-state index in [0.717, 1.165) is 6.04 Å². The summed E-state index contributed by atoms with van der Waals surface area (Å²) in [4.78, 5) is 6.93. The van der Waals surface area contributed by atoms with Crippen LogP contribution in [0.5, 0.6) is 0 Å². The number of hydrogen-bond acceptors (Lipinski definition) is 3. The van der Waals surface area contributed by atoms with E-state index in [0.29, 0.717) is 6.04 Å². The Morgan fingerprint density at radius 2 is 2.24 bits per heavy atom. The molecule has 0 saturated carbocycles. The number of nitrogens with two attached hydrogens (primary N) is 1. The molecule has 0 bridgehead atoms. The minimum absolute atomic E-state index is 0.0825. The number of fused-ring (bicyclic) bond motifs is 1. The topological polar surface area (TPSA) is 47.1 Å². The molecule has 4 nitrogen and oxygen atoms in total. The van der Waals surface area contributed by atoms with Crippen molar-refractivity contribution in [2.45, 2.75) is 50.7 Å². The van der Waals surface area contributed by atoms with E-state index in [1.165, 1.54) is 44.5 Å². The zero-order valence-electron chi connectivity index (χ0n) is 10.5. The van der Waals surface area contributed by atoms with Crippen molar-refractivity contribution in [3.05, 3.63) is 18.2 Å². The number of piperidine rings is 1. The van der Waals surface area contributed by atoms with Crippen molar-refractivity contribution in [3.63, 3.8) is 0 Å². The molecule has 0 radical (unpaired) electrons. The second-order valence-electron chi connectivity index (χ2n) is 5.52. The van der Waals surface area contributed by atoms with Crippen molar-refractivity contribution in [2.75, 3.05) is 13.1 Å². The zero-order chi connectivity index (χ0) is 11.8. The Hall–Kier alpha value is -0.870. The fourth-order valence-electron chi connectivity index (χ4n) is 3.43. The van der Waals surface area contributed by atoms with Crippen LogP contribution in [-0.2, 0) is 0 Å². The van der Waals surface area contributed by atoms with E-state index >= 15 is 0 Å². The molecule has 4 heteroatoms. The number of rotatable bonds is 2. The third kappa shape index (κ3) is 2.00. The molecule has 94 valence electrons. The smallest absolute Gasteiger partial charge is 0.0951 e. The minimum Gasteiger partial charge on any atom is -0.330 e. The van der Waals surface area contributed by atoms with Gasteiger partial charge in [-0.3, -0.25) is 0 Å². The van der Waals surface area contributed by atoms with Gasteiger partial charge in [0.1, 0.15) is 0 Å². The Bertz CT molecular complexity index is 385. The maximum atomic E-state index is 6.00. The lowest BCUT2D eigenvalue weighted by Crippen LogP contribution is -2.39. The molecule has 2 saturated heterocycles. The molecule has 2 aliphatic rings. The third-order valence-corrected chi connectivity index (χ3v) is 4.35. The molecule has 0 amide bonds. The van der Waals surface area contributed by atoms with Crippen LogP contribution >= 0.6 is 0 Å². The summed E-state index contributed by atoms with van der Waals surface area (Å²) in [5.74, 6) is 0. The molecule has 2 N–H and O–H groups in total. The molecule has 17 heavy (non-hydrogen) atoms. The Morgan fingerprint density at radius 3 is 3.06 bits per heavy atom. The maximum absolute atomic E-state index is 6.00. The van der Waals surface area contributed by atoms with Crippen LogP contribution in [-0.4, -0.2) is 33.6 Å². The molecule has 2 aliphatic heterocycles. The predicted octanol–water partition coefficient (Wildman–Crippen LogP) is 1.70. The molecule has 0 aliphatic carbocycles. The number of aromatic nitrogens is 2. The SMILES string of the molecule is C[C@H](N)c1cncn1C1CCN2CCCC2C1. The van der Waals surface area contributed by atoms with Crippen LogP contribution in [0.15, 0.2) is 12.5 Å². The van der Waals surface area contributed by atoms with Gasteiger partial charge >= 0.3 is 0 Å². The summed E-state index contributed by atoms with van der Waals surface area (Å²) in [6, 6.07) is 1.49. The highest BCUT2D eigenvalue weighted by molar-refractivity contribution is 5.06. The van der Waals surface area contributed by atoms with Crippen LogP contribution in [0.2, 0.25) is 0 Å². The molecular formula is C13H22N4. The summed E-state index contributed by atoms with van der Waals surface area (Å²) in [7, 11) is 0. The van der Waals surface area contributed by atoms with Gasteiger partial charge in [0.25, 0.3) is 0 Å². The monoisotopic (exact) mass is 234 g/mol. The first-order valence-corrected chi connectivity index (χ1v) is 6.77. The van der Waals surface area contributed by atoms with Crippen LogP contribution in [0.1, 0.15) is 50.4 Å². The minimum atomic E-state index is 0.0825. The number of imidazole rings is 1. The molecule has 0 aromatic carbocycles. The number of hydrogen-bond donors (Lipinski definition) is 1. The third-order valence-electron chi connectivity index (χ3n) is 4.35. The van der Waals surface area contributed by atoms with Crippen LogP contribution in [0.4, 0.5) is 0 Å². The number of nitrogens with zero attached hydrogens (tertiary/aromatic N) is 3. The fourth-order valence-corrected chi connectivity index (χ4v) is 3.43. The van der Waals surface area contributed by atoms with Gasteiger partial charge < -0.3 is 15.2 Å². The lowest BCUT2D eigenvalue weighted by atomic mass is 9.97. The fraction of sp³-hybridized carbons (Fsp3) is 0.769. The van der Waals surface area contributed by atoms with Gasteiger partial charge in [-0.2, -0.15) is 0 Å². The first-order chi connectivity index (χ1) is 8.25. The normalized spacial score (nSPS) is 31.4. The standard InChI is InChI=1S/C13H22N4/c1-10(14)13-8-15-9-17(13)12-4-6-16-5-2-3-11(16)7-12/h8-12H,2-7,14H2,1H3/t10-,11?,12?/m0/s1. The molecule has 2 unspecified atom stereocenters. The van der Waals surface area contributed by atoms with E-state index in [-0.39, 0.29) is 6.04 Å². The first kappa shape index (κ1) is 11.2. The highest BCUT2D eigenvalue weighted by Crippen LogP contribution is 2.34. The van der Waals surface area contributed by atoms with E-state index in [4.69, 9.17) is 5.73 Å². The van der Waals surface area contributed by atoms with Crippen LogP contribution in [0.25, 0.3) is 0 Å². The van der Waals surface area contributed by atoms with Crippen molar-refractivity contribution in [3.8, 4) is 0 Å². The molecule has 3 atom stereocenters. The Balaban J connectivity index is 1.78. The Kier molecular flexibility index (Phi) is 2.92. The van der Waals surface area contributed by atoms with Gasteiger partial charge in [-0.25, -0.2) is 4.98 Å². The Labute approximate surface area is 103 Å².